The number of carbonyl (C=O) groups excluding carboxylic acids is 1. The van der Waals surface area contributed by atoms with E-state index in [2.05, 4.69) is 15.5 Å². The lowest BCUT2D eigenvalue weighted by atomic mass is 10.0. The lowest BCUT2D eigenvalue weighted by Crippen LogP contribution is -2.46. The van der Waals surface area contributed by atoms with E-state index in [1.54, 1.807) is 0 Å². The van der Waals surface area contributed by atoms with Crippen LogP contribution >= 0.6 is 11.6 Å². The molecule has 1 aliphatic heterocycles. The van der Waals surface area contributed by atoms with Gasteiger partial charge in [-0.05, 0) is 55.8 Å². The maximum absolute atomic E-state index is 12.1. The second kappa shape index (κ2) is 8.13. The van der Waals surface area contributed by atoms with Crippen molar-refractivity contribution in [3.8, 4) is 0 Å². The highest BCUT2D eigenvalue weighted by Gasteiger charge is 2.24. The van der Waals surface area contributed by atoms with Crippen LogP contribution in [-0.2, 0) is 11.3 Å². The maximum atomic E-state index is 12.1. The minimum absolute atomic E-state index is 0.101. The summed E-state index contributed by atoms with van der Waals surface area (Å²) in [6, 6.07) is 8.23. The van der Waals surface area contributed by atoms with Crippen LogP contribution in [-0.4, -0.2) is 43.0 Å². The van der Waals surface area contributed by atoms with E-state index in [4.69, 9.17) is 11.6 Å². The van der Waals surface area contributed by atoms with Gasteiger partial charge in [0.15, 0.2) is 0 Å². The van der Waals surface area contributed by atoms with Gasteiger partial charge in [0.1, 0.15) is 0 Å². The van der Waals surface area contributed by atoms with Crippen LogP contribution in [0.5, 0.6) is 0 Å². The number of rotatable bonds is 7. The highest BCUT2D eigenvalue weighted by molar-refractivity contribution is 6.30. The highest BCUT2D eigenvalue weighted by Crippen LogP contribution is 2.28. The average Bonchev–Trinajstić information content (AvgIpc) is 3.38. The van der Waals surface area contributed by atoms with E-state index >= 15 is 0 Å². The van der Waals surface area contributed by atoms with Crippen LogP contribution in [0.15, 0.2) is 24.3 Å². The molecule has 0 radical (unpaired) electrons. The van der Waals surface area contributed by atoms with Gasteiger partial charge in [0.25, 0.3) is 0 Å². The third-order valence-corrected chi connectivity index (χ3v) is 5.00. The molecule has 0 atom stereocenters. The molecule has 4 nitrogen and oxygen atoms in total. The van der Waals surface area contributed by atoms with Gasteiger partial charge in [0.05, 0.1) is 6.54 Å². The lowest BCUT2D eigenvalue weighted by Gasteiger charge is -2.32. The summed E-state index contributed by atoms with van der Waals surface area (Å²) in [5, 5.41) is 7.38. The van der Waals surface area contributed by atoms with Gasteiger partial charge in [-0.15, -0.1) is 0 Å². The Bertz CT molecular complexity index is 508. The van der Waals surface area contributed by atoms with Crippen molar-refractivity contribution in [2.24, 2.45) is 5.92 Å². The number of hydrogen-bond donors (Lipinski definition) is 2. The fourth-order valence-electron chi connectivity index (χ4n) is 3.01. The first-order valence-corrected chi connectivity index (χ1v) is 9.04. The van der Waals surface area contributed by atoms with Gasteiger partial charge in [-0.3, -0.25) is 9.69 Å². The summed E-state index contributed by atoms with van der Waals surface area (Å²) in [7, 11) is 0. The Morgan fingerprint density at radius 3 is 2.48 bits per heavy atom. The number of halogens is 1. The minimum Gasteiger partial charge on any atom is -0.351 e. The molecule has 1 aliphatic carbocycles. The summed E-state index contributed by atoms with van der Waals surface area (Å²) in [5.74, 6) is 1.04. The molecule has 0 unspecified atom stereocenters. The first kappa shape index (κ1) is 16.7. The van der Waals surface area contributed by atoms with Crippen LogP contribution in [0.4, 0.5) is 0 Å². The van der Waals surface area contributed by atoms with Crippen molar-refractivity contribution in [1.82, 2.24) is 15.5 Å². The molecule has 0 bridgehead atoms. The van der Waals surface area contributed by atoms with Crippen molar-refractivity contribution in [3.05, 3.63) is 34.9 Å². The van der Waals surface area contributed by atoms with Gasteiger partial charge in [0, 0.05) is 30.7 Å². The Kier molecular flexibility index (Phi) is 5.92. The molecule has 0 aromatic heterocycles. The van der Waals surface area contributed by atoms with Crippen molar-refractivity contribution in [2.75, 3.05) is 26.2 Å². The van der Waals surface area contributed by atoms with Gasteiger partial charge >= 0.3 is 0 Å². The maximum Gasteiger partial charge on any atom is 0.234 e. The van der Waals surface area contributed by atoms with Gasteiger partial charge in [-0.2, -0.15) is 0 Å². The molecule has 1 amide bonds. The van der Waals surface area contributed by atoms with E-state index in [0.717, 1.165) is 42.4 Å². The van der Waals surface area contributed by atoms with Gasteiger partial charge in [-0.25, -0.2) is 0 Å². The summed E-state index contributed by atoms with van der Waals surface area (Å²) in [6.45, 7) is 4.28. The normalized spacial score (nSPS) is 19.7. The van der Waals surface area contributed by atoms with E-state index in [0.29, 0.717) is 19.1 Å². The molecule has 1 saturated heterocycles. The summed E-state index contributed by atoms with van der Waals surface area (Å²) in [6.07, 6.45) is 5.10. The summed E-state index contributed by atoms with van der Waals surface area (Å²) in [5.41, 5.74) is 1.07. The standard InChI is InChI=1S/C18H26ClN3O/c19-16-5-3-15(4-6-16)12-21-18(23)13-22-9-7-17(8-10-22)20-11-14-1-2-14/h3-6,14,17,20H,1-2,7-13H2,(H,21,23). The molecule has 2 N–H and O–H groups in total. The largest absolute Gasteiger partial charge is 0.351 e. The number of piperidine rings is 1. The van der Waals surface area contributed by atoms with Crippen molar-refractivity contribution < 1.29 is 4.79 Å². The predicted octanol–water partition coefficient (Wildman–Crippen LogP) is 2.42. The zero-order valence-corrected chi connectivity index (χ0v) is 14.3. The molecule has 1 aromatic rings. The monoisotopic (exact) mass is 335 g/mol. The van der Waals surface area contributed by atoms with Gasteiger partial charge < -0.3 is 10.6 Å². The quantitative estimate of drug-likeness (QED) is 0.804. The number of likely N-dealkylation sites (tertiary alicyclic amines) is 1. The van der Waals surface area contributed by atoms with Crippen LogP contribution in [0.3, 0.4) is 0 Å². The van der Waals surface area contributed by atoms with Crippen molar-refractivity contribution >= 4 is 17.5 Å². The number of carbonyl (C=O) groups is 1. The summed E-state index contributed by atoms with van der Waals surface area (Å²) >= 11 is 5.86. The minimum atomic E-state index is 0.101. The lowest BCUT2D eigenvalue weighted by molar-refractivity contribution is -0.122. The Balaban J connectivity index is 1.31. The summed E-state index contributed by atoms with van der Waals surface area (Å²) in [4.78, 5) is 14.3. The average molecular weight is 336 g/mol. The van der Waals surface area contributed by atoms with Crippen molar-refractivity contribution in [3.63, 3.8) is 0 Å². The smallest absolute Gasteiger partial charge is 0.234 e. The van der Waals surface area contributed by atoms with E-state index in [9.17, 15) is 4.79 Å². The fraction of sp³-hybridized carbons (Fsp3) is 0.611. The van der Waals surface area contributed by atoms with Crippen molar-refractivity contribution in [2.45, 2.75) is 38.3 Å². The van der Waals surface area contributed by atoms with E-state index in [1.165, 1.54) is 19.4 Å². The Morgan fingerprint density at radius 1 is 1.13 bits per heavy atom. The molecular formula is C18H26ClN3O. The molecule has 23 heavy (non-hydrogen) atoms. The van der Waals surface area contributed by atoms with Crippen LogP contribution in [0.2, 0.25) is 5.02 Å². The van der Waals surface area contributed by atoms with E-state index in [-0.39, 0.29) is 5.91 Å². The molecular weight excluding hydrogens is 310 g/mol. The third kappa shape index (κ3) is 5.79. The third-order valence-electron chi connectivity index (χ3n) is 4.75. The molecule has 0 spiro atoms. The van der Waals surface area contributed by atoms with Gasteiger partial charge in [0.2, 0.25) is 5.91 Å². The Hall–Kier alpha value is -1.10. The fourth-order valence-corrected chi connectivity index (χ4v) is 3.14. The molecule has 1 saturated carbocycles. The van der Waals surface area contributed by atoms with Crippen molar-refractivity contribution in [1.29, 1.82) is 0 Å². The van der Waals surface area contributed by atoms with Gasteiger partial charge in [-0.1, -0.05) is 23.7 Å². The van der Waals surface area contributed by atoms with E-state index < -0.39 is 0 Å². The summed E-state index contributed by atoms with van der Waals surface area (Å²) < 4.78 is 0. The number of nitrogens with zero attached hydrogens (tertiary/aromatic N) is 1. The first-order valence-electron chi connectivity index (χ1n) is 8.66. The van der Waals surface area contributed by atoms with E-state index in [1.807, 2.05) is 24.3 Å². The molecule has 5 heteroatoms. The molecule has 2 fully saturated rings. The second-order valence-electron chi connectivity index (χ2n) is 6.81. The number of benzene rings is 1. The predicted molar refractivity (Wildman–Crippen MR) is 93.5 cm³/mol. The zero-order chi connectivity index (χ0) is 16.1. The zero-order valence-electron chi connectivity index (χ0n) is 13.6. The molecule has 126 valence electrons. The highest BCUT2D eigenvalue weighted by atomic mass is 35.5. The number of hydrogen-bond acceptors (Lipinski definition) is 3. The van der Waals surface area contributed by atoms with Crippen LogP contribution in [0, 0.1) is 5.92 Å². The molecule has 3 rings (SSSR count). The molecule has 1 heterocycles. The molecule has 1 aromatic carbocycles. The topological polar surface area (TPSA) is 44.4 Å². The number of nitrogens with one attached hydrogen (secondary N) is 2. The molecule has 2 aliphatic rings. The second-order valence-corrected chi connectivity index (χ2v) is 7.24. The van der Waals surface area contributed by atoms with Crippen LogP contribution < -0.4 is 10.6 Å². The number of amides is 1. The van der Waals surface area contributed by atoms with Crippen LogP contribution in [0.1, 0.15) is 31.2 Å². The first-order chi connectivity index (χ1) is 11.2. The van der Waals surface area contributed by atoms with Crippen LogP contribution in [0.25, 0.3) is 0 Å². The Morgan fingerprint density at radius 2 is 1.83 bits per heavy atom. The SMILES string of the molecule is O=C(CN1CCC(NCC2CC2)CC1)NCc1ccc(Cl)cc1. The Labute approximate surface area is 143 Å².